The molecule has 1 aliphatic rings. The molecule has 0 bridgehead atoms. The minimum Gasteiger partial charge on any atom is -0.398 e. The van der Waals surface area contributed by atoms with Crippen molar-refractivity contribution in [1.82, 2.24) is 0 Å². The van der Waals surface area contributed by atoms with Gasteiger partial charge in [0.25, 0.3) is 0 Å². The summed E-state index contributed by atoms with van der Waals surface area (Å²) in [5.41, 5.74) is 9.68. The van der Waals surface area contributed by atoms with Gasteiger partial charge in [0.1, 0.15) is 6.10 Å². The van der Waals surface area contributed by atoms with E-state index in [4.69, 9.17) is 28.9 Å². The maximum atomic E-state index is 10.2. The highest BCUT2D eigenvalue weighted by atomic mass is 35.5. The van der Waals surface area contributed by atoms with E-state index < -0.39 is 6.10 Å². The Morgan fingerprint density at radius 3 is 2.47 bits per heavy atom. The lowest BCUT2D eigenvalue weighted by molar-refractivity contribution is 0.225. The van der Waals surface area contributed by atoms with Crippen molar-refractivity contribution in [1.29, 1.82) is 0 Å². The summed E-state index contributed by atoms with van der Waals surface area (Å²) < 4.78 is 0. The number of rotatable bonds is 0. The standard InChI is InChI=1S/C13H9Cl2NO/c14-6-1-2-7-8-4-11(15)12(16)5-10(8)13(17)9(7)3-6/h1-5,13,17H,16H2/t13-/m0/s1. The van der Waals surface area contributed by atoms with E-state index in [1.54, 1.807) is 24.3 Å². The maximum Gasteiger partial charge on any atom is 0.105 e. The fourth-order valence-corrected chi connectivity index (χ4v) is 2.58. The molecule has 0 aromatic heterocycles. The molecule has 0 aliphatic heterocycles. The van der Waals surface area contributed by atoms with Crippen LogP contribution in [0.2, 0.25) is 10.0 Å². The Kier molecular flexibility index (Phi) is 2.33. The van der Waals surface area contributed by atoms with Crippen LogP contribution in [0.5, 0.6) is 0 Å². The summed E-state index contributed by atoms with van der Waals surface area (Å²) in [4.78, 5) is 0. The molecule has 1 atom stereocenters. The highest BCUT2D eigenvalue weighted by molar-refractivity contribution is 6.33. The minimum absolute atomic E-state index is 0.475. The largest absolute Gasteiger partial charge is 0.398 e. The third-order valence-corrected chi connectivity index (χ3v) is 3.62. The van der Waals surface area contributed by atoms with E-state index in [9.17, 15) is 5.11 Å². The molecule has 0 unspecified atom stereocenters. The van der Waals surface area contributed by atoms with Crippen LogP contribution < -0.4 is 5.73 Å². The lowest BCUT2D eigenvalue weighted by Crippen LogP contribution is -1.95. The average Bonchev–Trinajstić information content (AvgIpc) is 2.54. The molecule has 3 rings (SSSR count). The number of anilines is 1. The van der Waals surface area contributed by atoms with Crippen LogP contribution >= 0.6 is 23.2 Å². The van der Waals surface area contributed by atoms with Gasteiger partial charge in [-0.2, -0.15) is 0 Å². The molecule has 17 heavy (non-hydrogen) atoms. The molecule has 4 heteroatoms. The van der Waals surface area contributed by atoms with Crippen LogP contribution in [0.4, 0.5) is 5.69 Å². The second kappa shape index (κ2) is 3.64. The van der Waals surface area contributed by atoms with Crippen LogP contribution in [0.15, 0.2) is 30.3 Å². The number of halogens is 2. The first kappa shape index (κ1) is 10.9. The molecule has 1 aliphatic carbocycles. The number of hydrogen-bond acceptors (Lipinski definition) is 2. The first-order valence-electron chi connectivity index (χ1n) is 5.14. The van der Waals surface area contributed by atoms with Gasteiger partial charge in [-0.25, -0.2) is 0 Å². The SMILES string of the molecule is Nc1cc2c(cc1Cl)-c1ccc(Cl)cc1[C@@H]2O. The van der Waals surface area contributed by atoms with Gasteiger partial charge in [-0.15, -0.1) is 0 Å². The number of nitrogens with two attached hydrogens (primary N) is 1. The summed E-state index contributed by atoms with van der Waals surface area (Å²) in [7, 11) is 0. The van der Waals surface area contributed by atoms with Crippen LogP contribution in [0.3, 0.4) is 0 Å². The van der Waals surface area contributed by atoms with Crippen molar-refractivity contribution in [2.45, 2.75) is 6.10 Å². The van der Waals surface area contributed by atoms with Crippen molar-refractivity contribution in [3.8, 4) is 11.1 Å². The Morgan fingerprint density at radius 1 is 1.00 bits per heavy atom. The summed E-state index contributed by atoms with van der Waals surface area (Å²) in [6.07, 6.45) is -0.682. The Morgan fingerprint density at radius 2 is 1.71 bits per heavy atom. The average molecular weight is 266 g/mol. The van der Waals surface area contributed by atoms with Gasteiger partial charge >= 0.3 is 0 Å². The van der Waals surface area contributed by atoms with E-state index in [0.29, 0.717) is 15.7 Å². The fourth-order valence-electron chi connectivity index (χ4n) is 2.24. The molecule has 0 saturated heterocycles. The Hall–Kier alpha value is -1.22. The zero-order chi connectivity index (χ0) is 12.2. The van der Waals surface area contributed by atoms with Crippen molar-refractivity contribution in [3.05, 3.63) is 51.5 Å². The Balaban J connectivity index is 2.31. The zero-order valence-corrected chi connectivity index (χ0v) is 10.3. The van der Waals surface area contributed by atoms with Crippen molar-refractivity contribution in [2.75, 3.05) is 5.73 Å². The summed E-state index contributed by atoms with van der Waals surface area (Å²) in [6.45, 7) is 0. The number of benzene rings is 2. The molecule has 0 spiro atoms. The van der Waals surface area contributed by atoms with Crippen LogP contribution in [0, 0.1) is 0 Å². The number of fused-ring (bicyclic) bond motifs is 3. The summed E-state index contributed by atoms with van der Waals surface area (Å²) in [5, 5.41) is 11.3. The molecule has 86 valence electrons. The molecule has 0 heterocycles. The molecule has 0 amide bonds. The molecule has 2 nitrogen and oxygen atoms in total. The quantitative estimate of drug-likeness (QED) is 0.715. The monoisotopic (exact) mass is 265 g/mol. The molecular weight excluding hydrogens is 257 g/mol. The van der Waals surface area contributed by atoms with Gasteiger partial charge < -0.3 is 10.8 Å². The first-order chi connectivity index (χ1) is 8.08. The second-order valence-corrected chi connectivity index (χ2v) is 4.94. The van der Waals surface area contributed by atoms with Crippen molar-refractivity contribution in [2.24, 2.45) is 0 Å². The number of aliphatic hydroxyl groups excluding tert-OH is 1. The van der Waals surface area contributed by atoms with Crippen molar-refractivity contribution < 1.29 is 5.11 Å². The Bertz CT molecular complexity index is 625. The normalized spacial score (nSPS) is 16.8. The van der Waals surface area contributed by atoms with Crippen LogP contribution in [0.25, 0.3) is 11.1 Å². The highest BCUT2D eigenvalue weighted by Gasteiger charge is 2.28. The van der Waals surface area contributed by atoms with E-state index in [0.717, 1.165) is 22.3 Å². The topological polar surface area (TPSA) is 46.2 Å². The van der Waals surface area contributed by atoms with Gasteiger partial charge in [0.05, 0.1) is 10.7 Å². The van der Waals surface area contributed by atoms with E-state index >= 15 is 0 Å². The smallest absolute Gasteiger partial charge is 0.105 e. The summed E-state index contributed by atoms with van der Waals surface area (Å²) in [5.74, 6) is 0. The van der Waals surface area contributed by atoms with Crippen molar-refractivity contribution in [3.63, 3.8) is 0 Å². The lowest BCUT2D eigenvalue weighted by atomic mass is 10.1. The summed E-state index contributed by atoms with van der Waals surface area (Å²) in [6, 6.07) is 8.96. The third-order valence-electron chi connectivity index (χ3n) is 3.06. The number of aliphatic hydroxyl groups is 1. The van der Waals surface area contributed by atoms with E-state index in [1.807, 2.05) is 6.07 Å². The molecular formula is C13H9Cl2NO. The van der Waals surface area contributed by atoms with Gasteiger partial charge in [0.15, 0.2) is 0 Å². The predicted molar refractivity (Wildman–Crippen MR) is 70.4 cm³/mol. The molecule has 3 N–H and O–H groups in total. The van der Waals surface area contributed by atoms with Gasteiger partial charge in [-0.05, 0) is 46.5 Å². The second-order valence-electron chi connectivity index (χ2n) is 4.10. The minimum atomic E-state index is -0.682. The molecule has 0 radical (unpaired) electrons. The first-order valence-corrected chi connectivity index (χ1v) is 5.90. The number of nitrogen functional groups attached to an aromatic ring is 1. The van der Waals surface area contributed by atoms with E-state index in [1.165, 1.54) is 0 Å². The molecule has 2 aromatic carbocycles. The third kappa shape index (κ3) is 1.53. The fraction of sp³-hybridized carbons (Fsp3) is 0.0769. The summed E-state index contributed by atoms with van der Waals surface area (Å²) >= 11 is 11.9. The maximum absolute atomic E-state index is 10.2. The van der Waals surface area contributed by atoms with E-state index in [-0.39, 0.29) is 0 Å². The lowest BCUT2D eigenvalue weighted by Gasteiger charge is -2.07. The van der Waals surface area contributed by atoms with E-state index in [2.05, 4.69) is 0 Å². The van der Waals surface area contributed by atoms with Crippen LogP contribution in [-0.4, -0.2) is 5.11 Å². The van der Waals surface area contributed by atoms with Gasteiger partial charge in [0, 0.05) is 5.02 Å². The molecule has 0 fully saturated rings. The van der Waals surface area contributed by atoms with Crippen LogP contribution in [-0.2, 0) is 0 Å². The van der Waals surface area contributed by atoms with Gasteiger partial charge in [-0.3, -0.25) is 0 Å². The predicted octanol–water partition coefficient (Wildman–Crippen LogP) is 3.64. The van der Waals surface area contributed by atoms with Crippen molar-refractivity contribution >= 4 is 28.9 Å². The van der Waals surface area contributed by atoms with Gasteiger partial charge in [-0.1, -0.05) is 29.3 Å². The highest BCUT2D eigenvalue weighted by Crippen LogP contribution is 2.46. The Labute approximate surface area is 109 Å². The van der Waals surface area contributed by atoms with Crippen LogP contribution in [0.1, 0.15) is 17.2 Å². The zero-order valence-electron chi connectivity index (χ0n) is 8.74. The molecule has 2 aromatic rings. The van der Waals surface area contributed by atoms with Gasteiger partial charge in [0.2, 0.25) is 0 Å². The molecule has 0 saturated carbocycles. The number of hydrogen-bond donors (Lipinski definition) is 2.